The molecule has 186 valence electrons. The van der Waals surface area contributed by atoms with E-state index in [1.165, 1.54) is 12.1 Å². The van der Waals surface area contributed by atoms with Crippen LogP contribution in [0.2, 0.25) is 5.02 Å². The van der Waals surface area contributed by atoms with Gasteiger partial charge in [-0.25, -0.2) is 14.5 Å². The number of nitrogens with zero attached hydrogens (tertiary/aromatic N) is 5. The number of carbonyl (C=O) groups excluding carboxylic acids is 1. The molecule has 1 N–H and O–H groups in total. The van der Waals surface area contributed by atoms with Crippen molar-refractivity contribution in [3.8, 4) is 11.1 Å². The first kappa shape index (κ1) is 24.0. The van der Waals surface area contributed by atoms with Crippen molar-refractivity contribution in [1.82, 2.24) is 24.6 Å². The number of halogens is 2. The summed E-state index contributed by atoms with van der Waals surface area (Å²) in [4.78, 5) is 33.5. The molecule has 5 rings (SSSR count). The van der Waals surface area contributed by atoms with Crippen LogP contribution < -0.4 is 10.5 Å². The van der Waals surface area contributed by atoms with Crippen molar-refractivity contribution in [3.05, 3.63) is 75.7 Å². The lowest BCUT2D eigenvalue weighted by atomic mass is 10.1. The second-order valence-corrected chi connectivity index (χ2v) is 10.3. The number of nitrogens with one attached hydrogen (secondary N) is 1. The van der Waals surface area contributed by atoms with E-state index in [4.69, 9.17) is 16.6 Å². The lowest BCUT2D eigenvalue weighted by molar-refractivity contribution is 0.0741. The number of aromatic amines is 1. The third kappa shape index (κ3) is 4.46. The highest BCUT2D eigenvalue weighted by atomic mass is 35.5. The zero-order valence-electron chi connectivity index (χ0n) is 20.3. The molecule has 8 nitrogen and oxygen atoms in total. The van der Waals surface area contributed by atoms with Gasteiger partial charge in [-0.2, -0.15) is 5.10 Å². The molecule has 1 aliphatic heterocycles. The van der Waals surface area contributed by atoms with Crippen LogP contribution in [0.4, 0.5) is 10.1 Å². The van der Waals surface area contributed by atoms with Crippen LogP contribution in [0.3, 0.4) is 0 Å². The summed E-state index contributed by atoms with van der Waals surface area (Å²) in [5, 5.41) is 7.12. The molecule has 1 amide bonds. The molecule has 0 unspecified atom stereocenters. The SMILES string of the molecule is CC(C)(C)n1cc(-c2ccc(Cl)c(F)c2)c2ccc(C(=O)N3CCN(c4cn[nH]c(=O)c4)CC3)nc21. The Morgan fingerprint density at radius 1 is 1.08 bits per heavy atom. The van der Waals surface area contributed by atoms with Crippen molar-refractivity contribution in [3.63, 3.8) is 0 Å². The van der Waals surface area contributed by atoms with Crippen molar-refractivity contribution < 1.29 is 9.18 Å². The summed E-state index contributed by atoms with van der Waals surface area (Å²) in [5.74, 6) is -0.637. The molecule has 1 fully saturated rings. The molecule has 0 bridgehead atoms. The lowest BCUT2D eigenvalue weighted by Crippen LogP contribution is -2.49. The molecule has 1 aromatic carbocycles. The normalized spacial score (nSPS) is 14.5. The van der Waals surface area contributed by atoms with Crippen LogP contribution in [0, 0.1) is 5.82 Å². The van der Waals surface area contributed by atoms with Crippen LogP contribution in [0.25, 0.3) is 22.2 Å². The van der Waals surface area contributed by atoms with E-state index in [-0.39, 0.29) is 22.0 Å². The van der Waals surface area contributed by atoms with Crippen molar-refractivity contribution in [2.75, 3.05) is 31.1 Å². The number of rotatable bonds is 3. The fraction of sp³-hybridized carbons (Fsp3) is 0.308. The van der Waals surface area contributed by atoms with Crippen LogP contribution in [-0.4, -0.2) is 56.7 Å². The van der Waals surface area contributed by atoms with Gasteiger partial charge in [0, 0.05) is 54.9 Å². The summed E-state index contributed by atoms with van der Waals surface area (Å²) in [6.45, 7) is 8.34. The summed E-state index contributed by atoms with van der Waals surface area (Å²) in [5.41, 5.74) is 2.69. The Bertz CT molecular complexity index is 1520. The van der Waals surface area contributed by atoms with E-state index in [9.17, 15) is 14.0 Å². The highest BCUT2D eigenvalue weighted by Crippen LogP contribution is 2.35. The summed E-state index contributed by atoms with van der Waals surface area (Å²) in [6.07, 6.45) is 3.56. The van der Waals surface area contributed by atoms with E-state index in [1.807, 2.05) is 21.7 Å². The second kappa shape index (κ2) is 9.05. The van der Waals surface area contributed by atoms with E-state index in [2.05, 4.69) is 31.0 Å². The number of fused-ring (bicyclic) bond motifs is 1. The Kier molecular flexibility index (Phi) is 6.04. The molecule has 3 aromatic heterocycles. The van der Waals surface area contributed by atoms with Crippen molar-refractivity contribution in [2.24, 2.45) is 0 Å². The van der Waals surface area contributed by atoms with Gasteiger partial charge >= 0.3 is 0 Å². The largest absolute Gasteiger partial charge is 0.367 e. The van der Waals surface area contributed by atoms with Gasteiger partial charge < -0.3 is 14.4 Å². The van der Waals surface area contributed by atoms with E-state index < -0.39 is 5.82 Å². The number of amides is 1. The van der Waals surface area contributed by atoms with Gasteiger partial charge in [0.25, 0.3) is 11.5 Å². The number of benzene rings is 1. The number of carbonyl (C=O) groups is 1. The van der Waals surface area contributed by atoms with Crippen molar-refractivity contribution in [2.45, 2.75) is 26.3 Å². The molecule has 0 aliphatic carbocycles. The number of aromatic nitrogens is 4. The average molecular weight is 509 g/mol. The monoisotopic (exact) mass is 508 g/mol. The number of piperazine rings is 1. The third-order valence-electron chi connectivity index (χ3n) is 6.41. The summed E-state index contributed by atoms with van der Waals surface area (Å²) in [7, 11) is 0. The molecule has 0 spiro atoms. The maximum Gasteiger partial charge on any atom is 0.272 e. The van der Waals surface area contributed by atoms with E-state index in [1.54, 1.807) is 29.3 Å². The van der Waals surface area contributed by atoms with Crippen LogP contribution in [0.1, 0.15) is 31.3 Å². The topological polar surface area (TPSA) is 87.1 Å². The minimum Gasteiger partial charge on any atom is -0.367 e. The molecule has 4 aromatic rings. The molecule has 0 saturated carbocycles. The summed E-state index contributed by atoms with van der Waals surface area (Å²) in [6, 6.07) is 9.84. The van der Waals surface area contributed by atoms with Crippen LogP contribution >= 0.6 is 11.6 Å². The zero-order valence-corrected chi connectivity index (χ0v) is 21.0. The Hall–Kier alpha value is -3.72. The first-order valence-electron chi connectivity index (χ1n) is 11.7. The van der Waals surface area contributed by atoms with Gasteiger partial charge in [0.15, 0.2) is 0 Å². The standard InChI is InChI=1S/C26H26ClFN6O2/c1-26(2,3)34-15-19(16-4-6-20(27)21(28)12-16)18-5-7-22(30-24(18)34)25(36)33-10-8-32(9-11-33)17-13-23(35)31-29-14-17/h4-7,12-15H,8-11H2,1-3H3,(H,31,35). The molecule has 0 atom stereocenters. The van der Waals surface area contributed by atoms with Crippen molar-refractivity contribution >= 4 is 34.2 Å². The fourth-order valence-corrected chi connectivity index (χ4v) is 4.61. The Balaban J connectivity index is 1.45. The maximum atomic E-state index is 14.2. The van der Waals surface area contributed by atoms with Gasteiger partial charge in [0.05, 0.1) is 16.9 Å². The Morgan fingerprint density at radius 2 is 1.83 bits per heavy atom. The van der Waals surface area contributed by atoms with Gasteiger partial charge in [0.2, 0.25) is 0 Å². The number of anilines is 1. The molecule has 1 saturated heterocycles. The van der Waals surface area contributed by atoms with Gasteiger partial charge in [-0.3, -0.25) is 9.59 Å². The van der Waals surface area contributed by atoms with E-state index in [0.29, 0.717) is 43.1 Å². The predicted molar refractivity (Wildman–Crippen MR) is 138 cm³/mol. The number of hydrogen-bond donors (Lipinski definition) is 1. The molecular weight excluding hydrogens is 483 g/mol. The Labute approximate surface area is 212 Å². The highest BCUT2D eigenvalue weighted by molar-refractivity contribution is 6.30. The number of H-pyrrole nitrogens is 1. The lowest BCUT2D eigenvalue weighted by Gasteiger charge is -2.35. The van der Waals surface area contributed by atoms with Gasteiger partial charge in [0.1, 0.15) is 17.2 Å². The first-order valence-corrected chi connectivity index (χ1v) is 12.1. The highest BCUT2D eigenvalue weighted by Gasteiger charge is 2.26. The van der Waals surface area contributed by atoms with Crippen molar-refractivity contribution in [1.29, 1.82) is 0 Å². The second-order valence-electron chi connectivity index (χ2n) is 9.86. The predicted octanol–water partition coefficient (Wildman–Crippen LogP) is 4.30. The maximum absolute atomic E-state index is 14.2. The van der Waals surface area contributed by atoms with Gasteiger partial charge in [-0.15, -0.1) is 0 Å². The fourth-order valence-electron chi connectivity index (χ4n) is 4.49. The van der Waals surface area contributed by atoms with Crippen LogP contribution in [0.5, 0.6) is 0 Å². The zero-order chi connectivity index (χ0) is 25.6. The summed E-state index contributed by atoms with van der Waals surface area (Å²) < 4.78 is 16.2. The number of pyridine rings is 1. The van der Waals surface area contributed by atoms with E-state index in [0.717, 1.165) is 16.6 Å². The van der Waals surface area contributed by atoms with Crippen LogP contribution in [-0.2, 0) is 5.54 Å². The number of hydrogen-bond acceptors (Lipinski definition) is 5. The molecule has 36 heavy (non-hydrogen) atoms. The Morgan fingerprint density at radius 3 is 2.50 bits per heavy atom. The molecule has 4 heterocycles. The molecule has 0 radical (unpaired) electrons. The molecule has 1 aliphatic rings. The van der Waals surface area contributed by atoms with Gasteiger partial charge in [-0.1, -0.05) is 17.7 Å². The molecule has 10 heteroatoms. The van der Waals surface area contributed by atoms with Crippen LogP contribution in [0.15, 0.2) is 53.6 Å². The third-order valence-corrected chi connectivity index (χ3v) is 6.71. The molecular formula is C26H26ClFN6O2. The quantitative estimate of drug-likeness (QED) is 0.446. The smallest absolute Gasteiger partial charge is 0.272 e. The summed E-state index contributed by atoms with van der Waals surface area (Å²) >= 11 is 5.89. The van der Waals surface area contributed by atoms with Gasteiger partial charge in [-0.05, 0) is 50.6 Å². The first-order chi connectivity index (χ1) is 17.1. The minimum atomic E-state index is -0.486. The van der Waals surface area contributed by atoms with E-state index >= 15 is 0 Å². The minimum absolute atomic E-state index is 0.0692. The average Bonchev–Trinajstić information content (AvgIpc) is 3.25.